The largest absolute Gasteiger partial charge is 0.377 e. The number of benzene rings is 1. The molecule has 0 bridgehead atoms. The maximum atomic E-state index is 4.11. The Bertz CT molecular complexity index is 468. The molecule has 0 fully saturated rings. The third kappa shape index (κ3) is 2.74. The average molecular weight is 251 g/mol. The lowest BCUT2D eigenvalue weighted by Crippen LogP contribution is -1.90. The van der Waals surface area contributed by atoms with Gasteiger partial charge in [-0.2, -0.15) is 0 Å². The summed E-state index contributed by atoms with van der Waals surface area (Å²) < 4.78 is 3.94. The fourth-order valence-electron chi connectivity index (χ4n) is 1.35. The molecular weight excluding hydrogens is 238 g/mol. The van der Waals surface area contributed by atoms with Crippen LogP contribution in [0.3, 0.4) is 0 Å². The van der Waals surface area contributed by atoms with Crippen LogP contribution in [0.25, 0.3) is 0 Å². The maximum Gasteiger partial charge on any atom is 0.133 e. The first kappa shape index (κ1) is 11.4. The van der Waals surface area contributed by atoms with Crippen molar-refractivity contribution in [2.45, 2.75) is 17.6 Å². The van der Waals surface area contributed by atoms with Crippen molar-refractivity contribution in [3.8, 4) is 0 Å². The van der Waals surface area contributed by atoms with E-state index >= 15 is 0 Å². The van der Waals surface area contributed by atoms with Crippen molar-refractivity contribution >= 4 is 28.3 Å². The molecule has 84 valence electrons. The Hall–Kier alpha value is -1.07. The van der Waals surface area contributed by atoms with E-state index in [0.29, 0.717) is 0 Å². The molecule has 2 rings (SSSR count). The van der Waals surface area contributed by atoms with Crippen LogP contribution in [0, 0.1) is 6.92 Å². The fourth-order valence-corrected chi connectivity index (χ4v) is 2.92. The van der Waals surface area contributed by atoms with Gasteiger partial charge in [-0.1, -0.05) is 22.2 Å². The lowest BCUT2D eigenvalue weighted by molar-refractivity contribution is 1.07. The highest BCUT2D eigenvalue weighted by Gasteiger charge is 2.06. The zero-order chi connectivity index (χ0) is 11.4. The van der Waals surface area contributed by atoms with Crippen LogP contribution in [0.1, 0.15) is 11.3 Å². The molecule has 2 aromatic rings. The molecule has 5 heteroatoms. The molecule has 0 saturated heterocycles. The van der Waals surface area contributed by atoms with Gasteiger partial charge in [-0.05, 0) is 19.1 Å². The molecule has 0 unspecified atom stereocenters. The molecule has 0 amide bonds. The Labute approximate surface area is 103 Å². The Morgan fingerprint density at radius 3 is 3.06 bits per heavy atom. The van der Waals surface area contributed by atoms with E-state index in [1.165, 1.54) is 22.0 Å². The van der Waals surface area contributed by atoms with Crippen molar-refractivity contribution < 1.29 is 0 Å². The van der Waals surface area contributed by atoms with Gasteiger partial charge in [0.15, 0.2) is 0 Å². The van der Waals surface area contributed by atoms with Gasteiger partial charge in [0.05, 0.1) is 0 Å². The van der Waals surface area contributed by atoms with E-state index < -0.39 is 0 Å². The second-order valence-corrected chi connectivity index (χ2v) is 5.21. The fraction of sp³-hybridized carbons (Fsp3) is 0.273. The normalized spacial score (nSPS) is 10.4. The molecule has 0 aliphatic heterocycles. The van der Waals surface area contributed by atoms with Crippen molar-refractivity contribution in [1.82, 2.24) is 9.59 Å². The Kier molecular flexibility index (Phi) is 3.79. The molecular formula is C11H13N3S2. The predicted octanol–water partition coefficient (Wildman–Crippen LogP) is 3.18. The quantitative estimate of drug-likeness (QED) is 0.847. The van der Waals surface area contributed by atoms with Gasteiger partial charge in [0, 0.05) is 29.2 Å². The number of aromatic nitrogens is 2. The lowest BCUT2D eigenvalue weighted by atomic mass is 10.2. The summed E-state index contributed by atoms with van der Waals surface area (Å²) in [5.41, 5.74) is 2.31. The number of anilines is 1. The molecule has 1 aromatic heterocycles. The smallest absolute Gasteiger partial charge is 0.133 e. The molecule has 3 nitrogen and oxygen atoms in total. The van der Waals surface area contributed by atoms with Gasteiger partial charge < -0.3 is 5.32 Å². The number of rotatable bonds is 4. The molecule has 0 saturated carbocycles. The molecule has 0 aliphatic rings. The van der Waals surface area contributed by atoms with Gasteiger partial charge in [0.1, 0.15) is 10.7 Å². The van der Waals surface area contributed by atoms with Gasteiger partial charge in [-0.3, -0.25) is 0 Å². The van der Waals surface area contributed by atoms with Crippen LogP contribution in [0.5, 0.6) is 0 Å². The lowest BCUT2D eigenvalue weighted by Gasteiger charge is -2.02. The van der Waals surface area contributed by atoms with Crippen molar-refractivity contribution in [1.29, 1.82) is 0 Å². The highest BCUT2D eigenvalue weighted by atomic mass is 32.2. The summed E-state index contributed by atoms with van der Waals surface area (Å²) in [4.78, 5) is 1.27. The van der Waals surface area contributed by atoms with Gasteiger partial charge in [0.2, 0.25) is 0 Å². The van der Waals surface area contributed by atoms with E-state index in [-0.39, 0.29) is 0 Å². The Morgan fingerprint density at radius 2 is 2.31 bits per heavy atom. The van der Waals surface area contributed by atoms with E-state index in [4.69, 9.17) is 0 Å². The minimum Gasteiger partial charge on any atom is -0.377 e. The third-order valence-corrected chi connectivity index (χ3v) is 3.94. The van der Waals surface area contributed by atoms with Crippen molar-refractivity contribution in [3.05, 3.63) is 35.5 Å². The molecule has 16 heavy (non-hydrogen) atoms. The van der Waals surface area contributed by atoms with Crippen molar-refractivity contribution in [2.24, 2.45) is 0 Å². The topological polar surface area (TPSA) is 37.8 Å². The van der Waals surface area contributed by atoms with Gasteiger partial charge in [-0.15, -0.1) is 16.9 Å². The monoisotopic (exact) mass is 251 g/mol. The van der Waals surface area contributed by atoms with Crippen LogP contribution in [0.15, 0.2) is 29.2 Å². The summed E-state index contributed by atoms with van der Waals surface area (Å²) in [6, 6.07) is 8.49. The van der Waals surface area contributed by atoms with Crippen LogP contribution >= 0.6 is 23.3 Å². The van der Waals surface area contributed by atoms with Crippen molar-refractivity contribution in [3.63, 3.8) is 0 Å². The van der Waals surface area contributed by atoms with Gasteiger partial charge in [0.25, 0.3) is 0 Å². The van der Waals surface area contributed by atoms with Crippen LogP contribution in [0.4, 0.5) is 5.00 Å². The van der Waals surface area contributed by atoms with Crippen LogP contribution in [-0.2, 0) is 5.75 Å². The minimum absolute atomic E-state index is 0.857. The van der Waals surface area contributed by atoms with E-state index in [0.717, 1.165) is 16.4 Å². The predicted molar refractivity (Wildman–Crippen MR) is 70.2 cm³/mol. The van der Waals surface area contributed by atoms with Crippen molar-refractivity contribution in [2.75, 3.05) is 12.4 Å². The Morgan fingerprint density at radius 1 is 1.44 bits per heavy atom. The molecule has 0 radical (unpaired) electrons. The first-order valence-electron chi connectivity index (χ1n) is 4.98. The highest BCUT2D eigenvalue weighted by Crippen LogP contribution is 2.27. The summed E-state index contributed by atoms with van der Waals surface area (Å²) in [5.74, 6) is 0.857. The molecule has 0 aliphatic carbocycles. The average Bonchev–Trinajstić information content (AvgIpc) is 2.74. The summed E-state index contributed by atoms with van der Waals surface area (Å²) in [5, 5.41) is 8.27. The zero-order valence-electron chi connectivity index (χ0n) is 9.23. The highest BCUT2D eigenvalue weighted by molar-refractivity contribution is 7.98. The Balaban J connectivity index is 2.02. The molecule has 1 heterocycles. The molecule has 1 N–H and O–H groups in total. The standard InChI is InChI=1S/C11H13N3S2/c1-8-4-3-5-9(6-8)15-7-10-11(12-2)16-14-13-10/h3-6,12H,7H2,1-2H3. The SMILES string of the molecule is CNc1snnc1CSc1cccc(C)c1. The molecule has 1 aromatic carbocycles. The molecule has 0 atom stereocenters. The number of thioether (sulfide) groups is 1. The van der Waals surface area contributed by atoms with E-state index in [9.17, 15) is 0 Å². The van der Waals surface area contributed by atoms with Crippen LogP contribution in [0.2, 0.25) is 0 Å². The number of nitrogens with one attached hydrogen (secondary N) is 1. The number of nitrogens with zero attached hydrogens (tertiary/aromatic N) is 2. The van der Waals surface area contributed by atoms with Gasteiger partial charge in [-0.25, -0.2) is 0 Å². The minimum atomic E-state index is 0.857. The number of aryl methyl sites for hydroxylation is 1. The number of hydrogen-bond donors (Lipinski definition) is 1. The third-order valence-electron chi connectivity index (χ3n) is 2.15. The first-order chi connectivity index (χ1) is 7.79. The summed E-state index contributed by atoms with van der Waals surface area (Å²) in [6.07, 6.45) is 0. The van der Waals surface area contributed by atoms with E-state index in [2.05, 4.69) is 46.1 Å². The van der Waals surface area contributed by atoms with E-state index in [1.54, 1.807) is 11.8 Å². The zero-order valence-corrected chi connectivity index (χ0v) is 10.9. The van der Waals surface area contributed by atoms with Gasteiger partial charge >= 0.3 is 0 Å². The van der Waals surface area contributed by atoms with Crippen LogP contribution in [-0.4, -0.2) is 16.6 Å². The molecule has 0 spiro atoms. The summed E-state index contributed by atoms with van der Waals surface area (Å²) in [7, 11) is 1.90. The summed E-state index contributed by atoms with van der Waals surface area (Å²) >= 11 is 3.19. The second-order valence-electron chi connectivity index (χ2n) is 3.40. The summed E-state index contributed by atoms with van der Waals surface area (Å²) in [6.45, 7) is 2.10. The van der Waals surface area contributed by atoms with E-state index in [1.807, 2.05) is 7.05 Å². The number of hydrogen-bond acceptors (Lipinski definition) is 5. The first-order valence-corrected chi connectivity index (χ1v) is 6.74. The maximum absolute atomic E-state index is 4.11. The second kappa shape index (κ2) is 5.32. The van der Waals surface area contributed by atoms with Crippen LogP contribution < -0.4 is 5.32 Å².